The molecule has 0 unspecified atom stereocenters. The number of likely N-dealkylation sites (tertiary alicyclic amines) is 2. The van der Waals surface area contributed by atoms with E-state index < -0.39 is 0 Å². The molecule has 2 fully saturated rings. The van der Waals surface area contributed by atoms with Crippen molar-refractivity contribution in [1.29, 1.82) is 0 Å². The Hall–Kier alpha value is -1.46. The molecule has 0 atom stereocenters. The number of carbonyl (C=O) groups is 1. The number of rotatable bonds is 1. The van der Waals surface area contributed by atoms with Gasteiger partial charge in [0.05, 0.1) is 0 Å². The van der Waals surface area contributed by atoms with Crippen molar-refractivity contribution in [2.45, 2.75) is 38.5 Å². The lowest BCUT2D eigenvalue weighted by Gasteiger charge is -2.35. The maximum Gasteiger partial charge on any atom is 0.319 e. The lowest BCUT2D eigenvalue weighted by molar-refractivity contribution is 0.140. The third kappa shape index (κ3) is 3.52. The van der Waals surface area contributed by atoms with Gasteiger partial charge < -0.3 is 20.7 Å². The summed E-state index contributed by atoms with van der Waals surface area (Å²) in [5, 5.41) is 11.7. The van der Waals surface area contributed by atoms with Crippen LogP contribution >= 0.6 is 0 Å². The van der Waals surface area contributed by atoms with E-state index in [9.17, 15) is 4.79 Å². The molecule has 2 aliphatic rings. The Bertz CT molecular complexity index is 330. The second-order valence-electron chi connectivity index (χ2n) is 5.47. The lowest BCUT2D eigenvalue weighted by atomic mass is 9.96. The van der Waals surface area contributed by atoms with Crippen LogP contribution in [0.1, 0.15) is 38.5 Å². The molecule has 0 spiro atoms. The van der Waals surface area contributed by atoms with Gasteiger partial charge in [-0.1, -0.05) is 18.0 Å². The predicted octanol–water partition coefficient (Wildman–Crippen LogP) is 1.44. The highest BCUT2D eigenvalue weighted by Crippen LogP contribution is 2.19. The van der Waals surface area contributed by atoms with Gasteiger partial charge in [0.1, 0.15) is 5.84 Å². The third-order valence-electron chi connectivity index (χ3n) is 4.18. The van der Waals surface area contributed by atoms with Gasteiger partial charge >= 0.3 is 6.03 Å². The van der Waals surface area contributed by atoms with Gasteiger partial charge in [0.25, 0.3) is 0 Å². The molecule has 0 bridgehead atoms. The van der Waals surface area contributed by atoms with E-state index in [-0.39, 0.29) is 11.9 Å². The van der Waals surface area contributed by atoms with E-state index in [1.807, 2.05) is 9.80 Å². The zero-order chi connectivity index (χ0) is 13.7. The number of hydrogen-bond donors (Lipinski definition) is 2. The highest BCUT2D eigenvalue weighted by atomic mass is 16.4. The van der Waals surface area contributed by atoms with Crippen molar-refractivity contribution >= 4 is 11.9 Å². The number of piperidine rings is 1. The molecular formula is C13H24N4O2. The van der Waals surface area contributed by atoms with Crippen LogP contribution in [0.25, 0.3) is 0 Å². The molecule has 6 heteroatoms. The Morgan fingerprint density at radius 2 is 1.53 bits per heavy atom. The van der Waals surface area contributed by atoms with Crippen LogP contribution in [-0.4, -0.2) is 53.1 Å². The molecule has 108 valence electrons. The first-order chi connectivity index (χ1) is 9.22. The summed E-state index contributed by atoms with van der Waals surface area (Å²) >= 11 is 0. The Kier molecular flexibility index (Phi) is 4.87. The fraction of sp³-hybridized carbons (Fsp3) is 0.846. The Labute approximate surface area is 114 Å². The van der Waals surface area contributed by atoms with Crippen LogP contribution in [0, 0.1) is 5.92 Å². The van der Waals surface area contributed by atoms with Gasteiger partial charge in [-0.05, 0) is 25.7 Å². The highest BCUT2D eigenvalue weighted by molar-refractivity contribution is 5.82. The second-order valence-corrected chi connectivity index (χ2v) is 5.47. The van der Waals surface area contributed by atoms with Crippen molar-refractivity contribution in [3.05, 3.63) is 0 Å². The molecule has 0 aromatic carbocycles. The van der Waals surface area contributed by atoms with Crippen molar-refractivity contribution in [1.82, 2.24) is 9.80 Å². The van der Waals surface area contributed by atoms with Crippen LogP contribution < -0.4 is 5.73 Å². The number of hydrogen-bond acceptors (Lipinski definition) is 3. The maximum atomic E-state index is 12.4. The summed E-state index contributed by atoms with van der Waals surface area (Å²) in [6, 6.07) is 0.167. The molecule has 2 amide bonds. The molecule has 0 aromatic rings. The third-order valence-corrected chi connectivity index (χ3v) is 4.18. The van der Waals surface area contributed by atoms with Crippen molar-refractivity contribution in [2.24, 2.45) is 16.8 Å². The lowest BCUT2D eigenvalue weighted by Crippen LogP contribution is -2.48. The molecule has 2 heterocycles. The molecule has 0 aliphatic carbocycles. The van der Waals surface area contributed by atoms with Crippen molar-refractivity contribution in [3.8, 4) is 0 Å². The number of carbonyl (C=O) groups excluding carboxylic acids is 1. The van der Waals surface area contributed by atoms with E-state index in [1.165, 1.54) is 12.8 Å². The van der Waals surface area contributed by atoms with E-state index >= 15 is 0 Å². The number of nitrogens with two attached hydrogens (primary N) is 1. The molecule has 2 saturated heterocycles. The standard InChI is InChI=1S/C13H24N4O2/c14-12(15-19)11-5-9-17(10-6-11)13(18)16-7-3-1-2-4-8-16/h11,19H,1-10H2,(H2,14,15). The molecule has 0 aromatic heterocycles. The quantitative estimate of drug-likeness (QED) is 0.327. The Balaban J connectivity index is 1.84. The van der Waals surface area contributed by atoms with Gasteiger partial charge in [-0.25, -0.2) is 4.79 Å². The minimum atomic E-state index is 0.109. The van der Waals surface area contributed by atoms with E-state index in [2.05, 4.69) is 5.16 Å². The minimum absolute atomic E-state index is 0.109. The molecule has 2 aliphatic heterocycles. The average Bonchev–Trinajstić information content (AvgIpc) is 2.75. The minimum Gasteiger partial charge on any atom is -0.409 e. The van der Waals surface area contributed by atoms with E-state index in [0.717, 1.165) is 38.8 Å². The highest BCUT2D eigenvalue weighted by Gasteiger charge is 2.28. The number of oxime groups is 1. The average molecular weight is 268 g/mol. The first-order valence-corrected chi connectivity index (χ1v) is 7.23. The topological polar surface area (TPSA) is 82.2 Å². The van der Waals surface area contributed by atoms with Crippen molar-refractivity contribution in [3.63, 3.8) is 0 Å². The van der Waals surface area contributed by atoms with Crippen LogP contribution in [0.2, 0.25) is 0 Å². The molecule has 6 nitrogen and oxygen atoms in total. The molecular weight excluding hydrogens is 244 g/mol. The number of nitrogens with zero attached hydrogens (tertiary/aromatic N) is 3. The van der Waals surface area contributed by atoms with Crippen molar-refractivity contribution < 1.29 is 10.0 Å². The zero-order valence-corrected chi connectivity index (χ0v) is 11.4. The molecule has 3 N–H and O–H groups in total. The molecule has 2 rings (SSSR count). The molecule has 19 heavy (non-hydrogen) atoms. The molecule has 0 radical (unpaired) electrons. The van der Waals surface area contributed by atoms with Gasteiger partial charge in [0.2, 0.25) is 0 Å². The smallest absolute Gasteiger partial charge is 0.319 e. The molecule has 0 saturated carbocycles. The van der Waals surface area contributed by atoms with Crippen LogP contribution in [0.3, 0.4) is 0 Å². The summed E-state index contributed by atoms with van der Waals surface area (Å²) in [6.07, 6.45) is 6.27. The fourth-order valence-electron chi connectivity index (χ4n) is 2.91. The first-order valence-electron chi connectivity index (χ1n) is 7.23. The number of amidine groups is 1. The fourth-order valence-corrected chi connectivity index (χ4v) is 2.91. The van der Waals surface area contributed by atoms with E-state index in [4.69, 9.17) is 10.9 Å². The maximum absolute atomic E-state index is 12.4. The summed E-state index contributed by atoms with van der Waals surface area (Å²) in [5.41, 5.74) is 5.62. The summed E-state index contributed by atoms with van der Waals surface area (Å²) < 4.78 is 0. The van der Waals surface area contributed by atoms with Crippen LogP contribution in [-0.2, 0) is 0 Å². The summed E-state index contributed by atoms with van der Waals surface area (Å²) in [4.78, 5) is 16.3. The first kappa shape index (κ1) is 14.0. The monoisotopic (exact) mass is 268 g/mol. The van der Waals surface area contributed by atoms with Crippen LogP contribution in [0.5, 0.6) is 0 Å². The van der Waals surface area contributed by atoms with Gasteiger partial charge in [-0.3, -0.25) is 0 Å². The van der Waals surface area contributed by atoms with E-state index in [0.29, 0.717) is 18.9 Å². The summed E-state index contributed by atoms with van der Waals surface area (Å²) in [5.74, 6) is 0.403. The number of urea groups is 1. The van der Waals surface area contributed by atoms with Crippen LogP contribution in [0.15, 0.2) is 5.16 Å². The zero-order valence-electron chi connectivity index (χ0n) is 11.4. The Morgan fingerprint density at radius 1 is 1.00 bits per heavy atom. The second kappa shape index (κ2) is 6.63. The predicted molar refractivity (Wildman–Crippen MR) is 73.1 cm³/mol. The van der Waals surface area contributed by atoms with Gasteiger partial charge in [0, 0.05) is 32.1 Å². The van der Waals surface area contributed by atoms with Crippen LogP contribution in [0.4, 0.5) is 4.79 Å². The summed E-state index contributed by atoms with van der Waals surface area (Å²) in [7, 11) is 0. The van der Waals surface area contributed by atoms with E-state index in [1.54, 1.807) is 0 Å². The van der Waals surface area contributed by atoms with Gasteiger partial charge in [-0.15, -0.1) is 0 Å². The normalized spacial score (nSPS) is 23.3. The Morgan fingerprint density at radius 3 is 2.05 bits per heavy atom. The number of amides is 2. The largest absolute Gasteiger partial charge is 0.409 e. The van der Waals surface area contributed by atoms with Gasteiger partial charge in [-0.2, -0.15) is 0 Å². The van der Waals surface area contributed by atoms with Gasteiger partial charge in [0.15, 0.2) is 0 Å². The summed E-state index contributed by atoms with van der Waals surface area (Å²) in [6.45, 7) is 3.18. The van der Waals surface area contributed by atoms with Crippen molar-refractivity contribution in [2.75, 3.05) is 26.2 Å². The SMILES string of the molecule is NC(=NO)C1CCN(C(=O)N2CCCCCC2)CC1.